The van der Waals surface area contributed by atoms with E-state index in [9.17, 15) is 9.59 Å². The van der Waals surface area contributed by atoms with E-state index in [1.807, 2.05) is 30.3 Å². The summed E-state index contributed by atoms with van der Waals surface area (Å²) in [6.45, 7) is 1.67. The van der Waals surface area contributed by atoms with Crippen molar-refractivity contribution in [3.8, 4) is 0 Å². The summed E-state index contributed by atoms with van der Waals surface area (Å²) in [7, 11) is 0. The number of carboxylic acid groups (broad SMARTS) is 1. The zero-order chi connectivity index (χ0) is 13.4. The number of carbonyl (C=O) groups excluding carboxylic acids is 1. The lowest BCUT2D eigenvalue weighted by Gasteiger charge is -2.17. The maximum atomic E-state index is 10.8. The number of carbonyl (C=O) groups is 2. The number of nitrogens with one attached hydrogen (secondary N) is 3. The van der Waals surface area contributed by atoms with Crippen molar-refractivity contribution in [2.75, 3.05) is 6.67 Å². The van der Waals surface area contributed by atoms with Crippen LogP contribution in [-0.4, -0.2) is 23.7 Å². The average molecular weight is 251 g/mol. The van der Waals surface area contributed by atoms with Crippen molar-refractivity contribution in [3.63, 3.8) is 0 Å². The number of rotatable bonds is 7. The molecule has 1 aromatic carbocycles. The predicted octanol–water partition coefficient (Wildman–Crippen LogP) is 0.390. The molecule has 4 N–H and O–H groups in total. The zero-order valence-electron chi connectivity index (χ0n) is 10.1. The van der Waals surface area contributed by atoms with Crippen LogP contribution in [0.4, 0.5) is 0 Å². The first-order valence-electron chi connectivity index (χ1n) is 5.59. The molecule has 0 saturated heterocycles. The minimum Gasteiger partial charge on any atom is -0.481 e. The maximum absolute atomic E-state index is 10.8. The fourth-order valence-corrected chi connectivity index (χ4v) is 1.51. The molecule has 0 aromatic heterocycles. The fraction of sp³-hybridized carbons (Fsp3) is 0.333. The summed E-state index contributed by atoms with van der Waals surface area (Å²) in [4.78, 5) is 21.4. The summed E-state index contributed by atoms with van der Waals surface area (Å²) >= 11 is 0. The first-order valence-corrected chi connectivity index (χ1v) is 5.59. The molecule has 98 valence electrons. The van der Waals surface area contributed by atoms with Gasteiger partial charge in [-0.15, -0.1) is 0 Å². The lowest BCUT2D eigenvalue weighted by molar-refractivity contribution is -0.137. The number of hydrogen-bond donors (Lipinski definition) is 4. The molecule has 0 saturated carbocycles. The summed E-state index contributed by atoms with van der Waals surface area (Å²) in [6, 6.07) is 9.00. The normalized spacial score (nSPS) is 11.8. The van der Waals surface area contributed by atoms with E-state index >= 15 is 0 Å². The van der Waals surface area contributed by atoms with Crippen LogP contribution in [-0.2, 0) is 9.59 Å². The highest BCUT2D eigenvalue weighted by molar-refractivity contribution is 5.72. The summed E-state index contributed by atoms with van der Waals surface area (Å²) in [5, 5.41) is 11.9. The van der Waals surface area contributed by atoms with Crippen molar-refractivity contribution < 1.29 is 14.7 Å². The zero-order valence-corrected chi connectivity index (χ0v) is 10.1. The van der Waals surface area contributed by atoms with Gasteiger partial charge in [-0.25, -0.2) is 5.43 Å². The smallest absolute Gasteiger partial charge is 0.305 e. The van der Waals surface area contributed by atoms with E-state index in [1.54, 1.807) is 0 Å². The predicted molar refractivity (Wildman–Crippen MR) is 66.4 cm³/mol. The summed E-state index contributed by atoms with van der Waals surface area (Å²) < 4.78 is 0. The Labute approximate surface area is 105 Å². The Morgan fingerprint density at radius 1 is 1.28 bits per heavy atom. The van der Waals surface area contributed by atoms with Gasteiger partial charge in [-0.05, 0) is 5.56 Å². The van der Waals surface area contributed by atoms with Crippen molar-refractivity contribution in [2.45, 2.75) is 19.4 Å². The second-order valence-corrected chi connectivity index (χ2v) is 3.80. The fourth-order valence-electron chi connectivity index (χ4n) is 1.51. The Morgan fingerprint density at radius 3 is 2.50 bits per heavy atom. The minimum absolute atomic E-state index is 0.0221. The molecule has 0 radical (unpaired) electrons. The molecular weight excluding hydrogens is 234 g/mol. The minimum atomic E-state index is -0.879. The Bertz CT molecular complexity index is 395. The molecule has 6 heteroatoms. The van der Waals surface area contributed by atoms with Crippen LogP contribution in [0.2, 0.25) is 0 Å². The Kier molecular flexibility index (Phi) is 5.83. The third-order valence-corrected chi connectivity index (χ3v) is 2.28. The van der Waals surface area contributed by atoms with Gasteiger partial charge in [0.15, 0.2) is 0 Å². The number of carboxylic acids is 1. The van der Waals surface area contributed by atoms with E-state index in [4.69, 9.17) is 5.11 Å². The molecule has 0 aliphatic heterocycles. The van der Waals surface area contributed by atoms with E-state index in [0.717, 1.165) is 5.56 Å². The van der Waals surface area contributed by atoms with Gasteiger partial charge in [-0.2, -0.15) is 0 Å². The second kappa shape index (κ2) is 7.41. The Hall–Kier alpha value is -1.92. The molecule has 1 unspecified atom stereocenters. The number of benzene rings is 1. The van der Waals surface area contributed by atoms with Crippen LogP contribution in [0.3, 0.4) is 0 Å². The number of aliphatic carboxylic acids is 1. The largest absolute Gasteiger partial charge is 0.481 e. The van der Waals surface area contributed by atoms with Gasteiger partial charge in [0.05, 0.1) is 13.1 Å². The Balaban J connectivity index is 2.51. The van der Waals surface area contributed by atoms with Crippen molar-refractivity contribution in [2.24, 2.45) is 0 Å². The second-order valence-electron chi connectivity index (χ2n) is 3.80. The molecule has 1 amide bonds. The number of amides is 1. The molecule has 0 bridgehead atoms. The number of hydrogen-bond acceptors (Lipinski definition) is 4. The third kappa shape index (κ3) is 5.42. The molecule has 0 heterocycles. The van der Waals surface area contributed by atoms with Crippen LogP contribution in [0.25, 0.3) is 0 Å². The molecule has 0 fully saturated rings. The highest BCUT2D eigenvalue weighted by Gasteiger charge is 2.14. The topological polar surface area (TPSA) is 90.5 Å². The highest BCUT2D eigenvalue weighted by atomic mass is 16.4. The van der Waals surface area contributed by atoms with Gasteiger partial charge in [0.2, 0.25) is 5.91 Å². The Morgan fingerprint density at radius 2 is 1.94 bits per heavy atom. The van der Waals surface area contributed by atoms with Crippen LogP contribution in [0.15, 0.2) is 30.3 Å². The quantitative estimate of drug-likeness (QED) is 0.320. The lowest BCUT2D eigenvalue weighted by Crippen LogP contribution is -2.43. The van der Waals surface area contributed by atoms with Crippen LogP contribution < -0.4 is 16.2 Å². The van der Waals surface area contributed by atoms with Crippen LogP contribution >= 0.6 is 0 Å². The molecule has 0 aliphatic rings. The molecule has 6 nitrogen and oxygen atoms in total. The van der Waals surface area contributed by atoms with Gasteiger partial charge < -0.3 is 5.11 Å². The van der Waals surface area contributed by atoms with E-state index < -0.39 is 5.97 Å². The van der Waals surface area contributed by atoms with Crippen LogP contribution in [0, 0.1) is 0 Å². The van der Waals surface area contributed by atoms with Crippen LogP contribution in [0.1, 0.15) is 24.9 Å². The monoisotopic (exact) mass is 251 g/mol. The van der Waals surface area contributed by atoms with E-state index in [-0.39, 0.29) is 25.0 Å². The van der Waals surface area contributed by atoms with Crippen molar-refractivity contribution in [1.82, 2.24) is 16.2 Å². The van der Waals surface area contributed by atoms with Gasteiger partial charge in [-0.1, -0.05) is 30.3 Å². The van der Waals surface area contributed by atoms with E-state index in [0.29, 0.717) is 0 Å². The lowest BCUT2D eigenvalue weighted by atomic mass is 10.0. The summed E-state index contributed by atoms with van der Waals surface area (Å²) in [5.74, 6) is -1.08. The maximum Gasteiger partial charge on any atom is 0.305 e. The van der Waals surface area contributed by atoms with Crippen molar-refractivity contribution in [3.05, 3.63) is 35.9 Å². The first kappa shape index (κ1) is 14.1. The van der Waals surface area contributed by atoms with Gasteiger partial charge in [0.1, 0.15) is 0 Å². The van der Waals surface area contributed by atoms with Crippen molar-refractivity contribution in [1.29, 1.82) is 0 Å². The van der Waals surface area contributed by atoms with Gasteiger partial charge >= 0.3 is 5.97 Å². The average Bonchev–Trinajstić information content (AvgIpc) is 2.33. The van der Waals surface area contributed by atoms with Crippen molar-refractivity contribution >= 4 is 11.9 Å². The summed E-state index contributed by atoms with van der Waals surface area (Å²) in [5.41, 5.74) is 5.95. The standard InChI is InChI=1S/C12H17N3O3/c1-9(16)15-14-8-13-11(7-12(17)18)10-5-3-2-4-6-10/h2-6,11,13-14H,7-8H2,1H3,(H,15,16)(H,17,18). The molecule has 1 atom stereocenters. The van der Waals surface area contributed by atoms with Gasteiger partial charge in [0.25, 0.3) is 0 Å². The first-order chi connectivity index (χ1) is 8.59. The molecular formula is C12H17N3O3. The van der Waals surface area contributed by atoms with E-state index in [2.05, 4.69) is 16.2 Å². The summed E-state index contributed by atoms with van der Waals surface area (Å²) in [6.07, 6.45) is -0.0221. The highest BCUT2D eigenvalue weighted by Crippen LogP contribution is 2.15. The SMILES string of the molecule is CC(=O)NNCNC(CC(=O)O)c1ccccc1. The molecule has 1 aromatic rings. The van der Waals surface area contributed by atoms with Gasteiger partial charge in [-0.3, -0.25) is 20.3 Å². The van der Waals surface area contributed by atoms with E-state index in [1.165, 1.54) is 6.92 Å². The third-order valence-electron chi connectivity index (χ3n) is 2.28. The molecule has 0 aliphatic carbocycles. The number of hydrazine groups is 1. The molecule has 0 spiro atoms. The molecule has 18 heavy (non-hydrogen) atoms. The van der Waals surface area contributed by atoms with Gasteiger partial charge in [0, 0.05) is 13.0 Å². The molecule has 1 rings (SSSR count). The van der Waals surface area contributed by atoms with Crippen LogP contribution in [0.5, 0.6) is 0 Å².